The summed E-state index contributed by atoms with van der Waals surface area (Å²) in [6.45, 7) is 4.71. The van der Waals surface area contributed by atoms with Gasteiger partial charge in [0, 0.05) is 5.56 Å². The summed E-state index contributed by atoms with van der Waals surface area (Å²) in [7, 11) is 1.53. The van der Waals surface area contributed by atoms with Gasteiger partial charge in [0.05, 0.1) is 13.7 Å². The number of nitrogens with one attached hydrogen (secondary N) is 1. The Morgan fingerprint density at radius 2 is 2.12 bits per heavy atom. The van der Waals surface area contributed by atoms with Crippen molar-refractivity contribution in [1.82, 2.24) is 5.43 Å². The van der Waals surface area contributed by atoms with Gasteiger partial charge in [-0.1, -0.05) is 13.8 Å². The fourth-order valence-corrected chi connectivity index (χ4v) is 1.27. The van der Waals surface area contributed by atoms with E-state index in [4.69, 9.17) is 15.3 Å². The van der Waals surface area contributed by atoms with Gasteiger partial charge < -0.3 is 9.47 Å². The number of hydrogen-bond donors (Lipinski definition) is 2. The molecule has 3 N–H and O–H groups in total. The lowest BCUT2D eigenvalue weighted by molar-refractivity contribution is 0.0953. The van der Waals surface area contributed by atoms with Gasteiger partial charge in [-0.2, -0.15) is 0 Å². The number of rotatable bonds is 5. The molecule has 17 heavy (non-hydrogen) atoms. The summed E-state index contributed by atoms with van der Waals surface area (Å²) in [5, 5.41) is 0. The Morgan fingerprint density at radius 1 is 1.41 bits per heavy atom. The molecular weight excluding hydrogens is 220 g/mol. The van der Waals surface area contributed by atoms with E-state index in [9.17, 15) is 4.79 Å². The van der Waals surface area contributed by atoms with E-state index in [2.05, 4.69) is 19.3 Å². The number of hydrazine groups is 1. The second-order valence-electron chi connectivity index (χ2n) is 4.04. The smallest absolute Gasteiger partial charge is 0.265 e. The molecule has 0 fully saturated rings. The third-order valence-corrected chi connectivity index (χ3v) is 2.13. The number of amides is 1. The van der Waals surface area contributed by atoms with Crippen LogP contribution in [-0.2, 0) is 0 Å². The maximum absolute atomic E-state index is 11.3. The minimum atomic E-state index is -0.362. The molecule has 0 bridgehead atoms. The lowest BCUT2D eigenvalue weighted by Gasteiger charge is -2.13. The van der Waals surface area contributed by atoms with Gasteiger partial charge in [-0.3, -0.25) is 10.2 Å². The Kier molecular flexibility index (Phi) is 4.78. The third kappa shape index (κ3) is 3.64. The number of carbonyl (C=O) groups is 1. The first-order chi connectivity index (χ1) is 8.08. The Labute approximate surface area is 101 Å². The van der Waals surface area contributed by atoms with Crippen LogP contribution in [0.3, 0.4) is 0 Å². The number of carbonyl (C=O) groups excluding carboxylic acids is 1. The highest BCUT2D eigenvalue weighted by Gasteiger charge is 2.10. The molecule has 1 aromatic rings. The fraction of sp³-hybridized carbons (Fsp3) is 0.417. The van der Waals surface area contributed by atoms with Gasteiger partial charge in [0.2, 0.25) is 0 Å². The molecule has 0 aliphatic rings. The van der Waals surface area contributed by atoms with E-state index in [1.54, 1.807) is 18.2 Å². The van der Waals surface area contributed by atoms with E-state index in [1.807, 2.05) is 0 Å². The monoisotopic (exact) mass is 238 g/mol. The number of methoxy groups -OCH3 is 1. The molecule has 0 atom stereocenters. The number of nitrogens with two attached hydrogens (primary N) is 1. The molecule has 1 amide bonds. The molecule has 0 saturated heterocycles. The fourth-order valence-electron chi connectivity index (χ4n) is 1.27. The average molecular weight is 238 g/mol. The van der Waals surface area contributed by atoms with Gasteiger partial charge in [0.25, 0.3) is 5.91 Å². The molecule has 5 nitrogen and oxygen atoms in total. The highest BCUT2D eigenvalue weighted by Crippen LogP contribution is 2.28. The molecule has 1 aromatic carbocycles. The van der Waals surface area contributed by atoms with Crippen molar-refractivity contribution in [3.05, 3.63) is 23.8 Å². The van der Waals surface area contributed by atoms with Gasteiger partial charge in [0.1, 0.15) is 0 Å². The number of hydrogen-bond acceptors (Lipinski definition) is 4. The highest BCUT2D eigenvalue weighted by molar-refractivity contribution is 5.94. The third-order valence-electron chi connectivity index (χ3n) is 2.13. The zero-order chi connectivity index (χ0) is 12.8. The van der Waals surface area contributed by atoms with Crippen molar-refractivity contribution in [2.75, 3.05) is 13.7 Å². The van der Waals surface area contributed by atoms with Gasteiger partial charge in [-0.25, -0.2) is 5.84 Å². The zero-order valence-corrected chi connectivity index (χ0v) is 10.3. The Morgan fingerprint density at radius 3 is 2.65 bits per heavy atom. The maximum atomic E-state index is 11.3. The van der Waals surface area contributed by atoms with Crippen LogP contribution >= 0.6 is 0 Å². The largest absolute Gasteiger partial charge is 0.493 e. The number of nitrogen functional groups attached to an aromatic ring is 1. The van der Waals surface area contributed by atoms with Crippen LogP contribution in [0.5, 0.6) is 11.5 Å². The quantitative estimate of drug-likeness (QED) is 0.461. The van der Waals surface area contributed by atoms with Gasteiger partial charge in [-0.05, 0) is 24.1 Å². The SMILES string of the molecule is COc1cc(C(=O)NN)ccc1OCC(C)C. The topological polar surface area (TPSA) is 73.6 Å². The Bertz CT molecular complexity index is 391. The van der Waals surface area contributed by atoms with Gasteiger partial charge >= 0.3 is 0 Å². The van der Waals surface area contributed by atoms with Crippen LogP contribution in [0.4, 0.5) is 0 Å². The first-order valence-corrected chi connectivity index (χ1v) is 5.40. The molecule has 0 heterocycles. The molecule has 0 unspecified atom stereocenters. The Hall–Kier alpha value is -1.75. The predicted molar refractivity (Wildman–Crippen MR) is 65.0 cm³/mol. The second kappa shape index (κ2) is 6.10. The molecule has 0 spiro atoms. The summed E-state index contributed by atoms with van der Waals surface area (Å²) >= 11 is 0. The summed E-state index contributed by atoms with van der Waals surface area (Å²) in [5.74, 6) is 6.26. The first-order valence-electron chi connectivity index (χ1n) is 5.40. The standard InChI is InChI=1S/C12H18N2O3/c1-8(2)7-17-10-5-4-9(12(15)14-13)6-11(10)16-3/h4-6,8H,7,13H2,1-3H3,(H,14,15). The lowest BCUT2D eigenvalue weighted by atomic mass is 10.2. The van der Waals surface area contributed by atoms with E-state index >= 15 is 0 Å². The summed E-state index contributed by atoms with van der Waals surface area (Å²) in [6, 6.07) is 4.93. The first kappa shape index (κ1) is 13.3. The highest BCUT2D eigenvalue weighted by atomic mass is 16.5. The van der Waals surface area contributed by atoms with Crippen molar-refractivity contribution in [2.24, 2.45) is 11.8 Å². The van der Waals surface area contributed by atoms with Crippen LogP contribution in [0.25, 0.3) is 0 Å². The summed E-state index contributed by atoms with van der Waals surface area (Å²) < 4.78 is 10.7. The second-order valence-corrected chi connectivity index (χ2v) is 4.04. The summed E-state index contributed by atoms with van der Waals surface area (Å²) in [5.41, 5.74) is 2.50. The molecular formula is C12H18N2O3. The van der Waals surface area contributed by atoms with E-state index in [-0.39, 0.29) is 5.91 Å². The van der Waals surface area contributed by atoms with Crippen LogP contribution in [0, 0.1) is 5.92 Å². The molecule has 94 valence electrons. The van der Waals surface area contributed by atoms with Crippen molar-refractivity contribution in [3.8, 4) is 11.5 Å². The van der Waals surface area contributed by atoms with Crippen LogP contribution < -0.4 is 20.7 Å². The van der Waals surface area contributed by atoms with Crippen molar-refractivity contribution >= 4 is 5.91 Å². The van der Waals surface area contributed by atoms with Gasteiger partial charge in [0.15, 0.2) is 11.5 Å². The van der Waals surface area contributed by atoms with Crippen LogP contribution in [0.2, 0.25) is 0 Å². The minimum absolute atomic E-state index is 0.362. The normalized spacial score (nSPS) is 10.2. The van der Waals surface area contributed by atoms with Gasteiger partial charge in [-0.15, -0.1) is 0 Å². The van der Waals surface area contributed by atoms with Crippen molar-refractivity contribution < 1.29 is 14.3 Å². The van der Waals surface area contributed by atoms with Crippen LogP contribution in [-0.4, -0.2) is 19.6 Å². The molecule has 1 rings (SSSR count). The maximum Gasteiger partial charge on any atom is 0.265 e. The Balaban J connectivity index is 2.89. The van der Waals surface area contributed by atoms with E-state index < -0.39 is 0 Å². The molecule has 0 saturated carbocycles. The number of benzene rings is 1. The lowest BCUT2D eigenvalue weighted by Crippen LogP contribution is -2.29. The average Bonchev–Trinajstić information content (AvgIpc) is 2.34. The molecule has 0 radical (unpaired) electrons. The van der Waals surface area contributed by atoms with Crippen molar-refractivity contribution in [1.29, 1.82) is 0 Å². The molecule has 5 heteroatoms. The zero-order valence-electron chi connectivity index (χ0n) is 10.3. The van der Waals surface area contributed by atoms with E-state index in [0.29, 0.717) is 29.6 Å². The molecule has 0 aromatic heterocycles. The summed E-state index contributed by atoms with van der Waals surface area (Å²) in [6.07, 6.45) is 0. The predicted octanol–water partition coefficient (Wildman–Crippen LogP) is 1.33. The van der Waals surface area contributed by atoms with E-state index in [1.165, 1.54) is 7.11 Å². The van der Waals surface area contributed by atoms with Crippen LogP contribution in [0.1, 0.15) is 24.2 Å². The minimum Gasteiger partial charge on any atom is -0.493 e. The summed E-state index contributed by atoms with van der Waals surface area (Å²) in [4.78, 5) is 11.3. The number of ether oxygens (including phenoxy) is 2. The van der Waals surface area contributed by atoms with Crippen LogP contribution in [0.15, 0.2) is 18.2 Å². The van der Waals surface area contributed by atoms with Crippen molar-refractivity contribution in [2.45, 2.75) is 13.8 Å². The molecule has 0 aliphatic heterocycles. The molecule has 0 aliphatic carbocycles. The van der Waals surface area contributed by atoms with Crippen molar-refractivity contribution in [3.63, 3.8) is 0 Å². The van der Waals surface area contributed by atoms with E-state index in [0.717, 1.165) is 0 Å².